The molecule has 0 bridgehead atoms. The number of thiophene rings is 1. The number of fused-ring (bicyclic) bond motifs is 2. The Labute approximate surface area is 114 Å². The highest BCUT2D eigenvalue weighted by molar-refractivity contribution is 7.16. The minimum absolute atomic E-state index is 0.831. The summed E-state index contributed by atoms with van der Waals surface area (Å²) in [6.07, 6.45) is 4.57. The lowest BCUT2D eigenvalue weighted by Crippen LogP contribution is -2.31. The fourth-order valence-corrected chi connectivity index (χ4v) is 3.39. The van der Waals surface area contributed by atoms with Gasteiger partial charge in [0, 0.05) is 25.7 Å². The van der Waals surface area contributed by atoms with E-state index in [4.69, 9.17) is 0 Å². The summed E-state index contributed by atoms with van der Waals surface area (Å²) in [6, 6.07) is 2.10. The Balaban J connectivity index is 1.76. The van der Waals surface area contributed by atoms with Gasteiger partial charge in [0.2, 0.25) is 0 Å². The Morgan fingerprint density at radius 1 is 1.26 bits per heavy atom. The summed E-state index contributed by atoms with van der Waals surface area (Å²) >= 11 is 1.66. The zero-order valence-corrected chi connectivity index (χ0v) is 11.4. The van der Waals surface area contributed by atoms with Crippen molar-refractivity contribution in [1.82, 2.24) is 19.5 Å². The molecule has 0 fully saturated rings. The molecule has 0 amide bonds. The van der Waals surface area contributed by atoms with Crippen molar-refractivity contribution in [2.75, 3.05) is 11.4 Å². The van der Waals surface area contributed by atoms with Crippen LogP contribution < -0.4 is 4.90 Å². The number of imidazole rings is 1. The molecule has 5 nitrogen and oxygen atoms in total. The molecule has 0 radical (unpaired) electrons. The quantitative estimate of drug-likeness (QED) is 0.679. The van der Waals surface area contributed by atoms with Crippen molar-refractivity contribution in [1.29, 1.82) is 0 Å². The number of rotatable bonds is 1. The van der Waals surface area contributed by atoms with Crippen molar-refractivity contribution in [2.45, 2.75) is 13.0 Å². The van der Waals surface area contributed by atoms with Crippen LogP contribution in [0, 0.1) is 0 Å². The van der Waals surface area contributed by atoms with Gasteiger partial charge in [-0.2, -0.15) is 0 Å². The maximum absolute atomic E-state index is 4.48. The van der Waals surface area contributed by atoms with Gasteiger partial charge in [0.1, 0.15) is 17.0 Å². The zero-order valence-electron chi connectivity index (χ0n) is 10.6. The first-order chi connectivity index (χ1) is 9.33. The summed E-state index contributed by atoms with van der Waals surface area (Å²) in [5.74, 6) is 1.03. The maximum Gasteiger partial charge on any atom is 0.141 e. The third-order valence-electron chi connectivity index (χ3n) is 3.65. The lowest BCUT2D eigenvalue weighted by atomic mass is 10.1. The molecular weight excluding hydrogens is 258 g/mol. The van der Waals surface area contributed by atoms with Gasteiger partial charge in [0.05, 0.1) is 24.0 Å². The largest absolute Gasteiger partial charge is 0.350 e. The second kappa shape index (κ2) is 4.03. The van der Waals surface area contributed by atoms with E-state index in [1.165, 1.54) is 5.69 Å². The fourth-order valence-electron chi connectivity index (χ4n) is 2.67. The molecule has 3 aromatic heterocycles. The first kappa shape index (κ1) is 10.9. The SMILES string of the molecule is Cn1cnc2c1CCN(c1ncnc3sccc13)C2. The Hall–Kier alpha value is -1.95. The van der Waals surface area contributed by atoms with Crippen molar-refractivity contribution in [2.24, 2.45) is 7.05 Å². The molecule has 0 aliphatic carbocycles. The lowest BCUT2D eigenvalue weighted by molar-refractivity contribution is 0.678. The second-order valence-corrected chi connectivity index (χ2v) is 5.65. The van der Waals surface area contributed by atoms with E-state index in [9.17, 15) is 0 Å². The maximum atomic E-state index is 4.48. The predicted octanol–water partition coefficient (Wildman–Crippen LogP) is 1.99. The highest BCUT2D eigenvalue weighted by atomic mass is 32.1. The first-order valence-corrected chi connectivity index (χ1v) is 7.13. The highest BCUT2D eigenvalue weighted by Crippen LogP contribution is 2.29. The van der Waals surface area contributed by atoms with E-state index in [0.717, 1.165) is 41.2 Å². The molecule has 1 aliphatic rings. The molecule has 96 valence electrons. The van der Waals surface area contributed by atoms with E-state index in [1.807, 2.05) is 6.33 Å². The van der Waals surface area contributed by atoms with Crippen LogP contribution in [0.5, 0.6) is 0 Å². The lowest BCUT2D eigenvalue weighted by Gasteiger charge is -2.28. The van der Waals surface area contributed by atoms with Crippen LogP contribution in [0.1, 0.15) is 11.4 Å². The van der Waals surface area contributed by atoms with Gasteiger partial charge in [-0.1, -0.05) is 0 Å². The molecule has 0 saturated carbocycles. The summed E-state index contributed by atoms with van der Waals surface area (Å²) in [5, 5.41) is 3.21. The Bertz CT molecular complexity index is 744. The topological polar surface area (TPSA) is 46.8 Å². The van der Waals surface area contributed by atoms with Gasteiger partial charge in [0.15, 0.2) is 0 Å². The standard InChI is InChI=1S/C13H13N5S/c1-17-8-16-10-6-18(4-2-11(10)17)12-9-3-5-19-13(9)15-7-14-12/h3,5,7-8H,2,4,6H2,1H3. The van der Waals surface area contributed by atoms with Crippen molar-refractivity contribution >= 4 is 27.4 Å². The third kappa shape index (κ3) is 1.63. The van der Waals surface area contributed by atoms with Gasteiger partial charge in [-0.3, -0.25) is 0 Å². The predicted molar refractivity (Wildman–Crippen MR) is 75.4 cm³/mol. The summed E-state index contributed by atoms with van der Waals surface area (Å²) in [4.78, 5) is 16.6. The summed E-state index contributed by atoms with van der Waals surface area (Å²) in [7, 11) is 2.06. The molecule has 0 aromatic carbocycles. The molecule has 0 N–H and O–H groups in total. The minimum atomic E-state index is 0.831. The van der Waals surface area contributed by atoms with Gasteiger partial charge in [-0.25, -0.2) is 15.0 Å². The fraction of sp³-hybridized carbons (Fsp3) is 0.308. The summed E-state index contributed by atoms with van der Waals surface area (Å²) in [5.41, 5.74) is 2.50. The van der Waals surface area contributed by atoms with Gasteiger partial charge < -0.3 is 9.47 Å². The highest BCUT2D eigenvalue weighted by Gasteiger charge is 2.22. The molecule has 4 heterocycles. The third-order valence-corrected chi connectivity index (χ3v) is 4.47. The molecular formula is C13H13N5S. The van der Waals surface area contributed by atoms with E-state index in [-0.39, 0.29) is 0 Å². The van der Waals surface area contributed by atoms with E-state index in [0.29, 0.717) is 0 Å². The van der Waals surface area contributed by atoms with Crippen molar-refractivity contribution < 1.29 is 0 Å². The zero-order chi connectivity index (χ0) is 12.8. The van der Waals surface area contributed by atoms with Crippen molar-refractivity contribution in [3.63, 3.8) is 0 Å². The van der Waals surface area contributed by atoms with Crippen molar-refractivity contribution in [3.8, 4) is 0 Å². The number of hydrogen-bond acceptors (Lipinski definition) is 5. The van der Waals surface area contributed by atoms with Crippen LogP contribution >= 0.6 is 11.3 Å². The van der Waals surface area contributed by atoms with Gasteiger partial charge in [-0.15, -0.1) is 11.3 Å². The minimum Gasteiger partial charge on any atom is -0.350 e. The summed E-state index contributed by atoms with van der Waals surface area (Å²) < 4.78 is 2.12. The number of anilines is 1. The smallest absolute Gasteiger partial charge is 0.141 e. The van der Waals surface area contributed by atoms with Crippen LogP contribution in [0.2, 0.25) is 0 Å². The van der Waals surface area contributed by atoms with E-state index in [1.54, 1.807) is 17.7 Å². The number of aryl methyl sites for hydroxylation is 1. The molecule has 1 aliphatic heterocycles. The van der Waals surface area contributed by atoms with Crippen LogP contribution in [0.25, 0.3) is 10.2 Å². The van der Waals surface area contributed by atoms with Crippen molar-refractivity contribution in [3.05, 3.63) is 35.5 Å². The van der Waals surface area contributed by atoms with Crippen LogP contribution in [-0.4, -0.2) is 26.1 Å². The molecule has 6 heteroatoms. The van der Waals surface area contributed by atoms with Crippen LogP contribution in [0.3, 0.4) is 0 Å². The number of nitrogens with zero attached hydrogens (tertiary/aromatic N) is 5. The van der Waals surface area contributed by atoms with Gasteiger partial charge in [-0.05, 0) is 11.4 Å². The number of aromatic nitrogens is 4. The van der Waals surface area contributed by atoms with E-state index >= 15 is 0 Å². The van der Waals surface area contributed by atoms with Crippen LogP contribution in [0.4, 0.5) is 5.82 Å². The molecule has 4 rings (SSSR count). The first-order valence-electron chi connectivity index (χ1n) is 6.25. The Kier molecular flexibility index (Phi) is 2.32. The second-order valence-electron chi connectivity index (χ2n) is 4.76. The summed E-state index contributed by atoms with van der Waals surface area (Å²) in [6.45, 7) is 1.81. The average molecular weight is 271 g/mol. The van der Waals surface area contributed by atoms with Crippen LogP contribution in [-0.2, 0) is 20.0 Å². The Morgan fingerprint density at radius 3 is 3.16 bits per heavy atom. The average Bonchev–Trinajstić information content (AvgIpc) is 3.05. The molecule has 3 aromatic rings. The molecule has 0 unspecified atom stereocenters. The molecule has 0 atom stereocenters. The monoisotopic (exact) mass is 271 g/mol. The molecule has 0 saturated heterocycles. The Morgan fingerprint density at radius 2 is 2.21 bits per heavy atom. The van der Waals surface area contributed by atoms with Crippen LogP contribution in [0.15, 0.2) is 24.1 Å². The normalized spacial score (nSPS) is 14.9. The van der Waals surface area contributed by atoms with Gasteiger partial charge in [0.25, 0.3) is 0 Å². The van der Waals surface area contributed by atoms with E-state index < -0.39 is 0 Å². The van der Waals surface area contributed by atoms with E-state index in [2.05, 4.69) is 42.9 Å². The van der Waals surface area contributed by atoms with Gasteiger partial charge >= 0.3 is 0 Å². The molecule has 0 spiro atoms. The molecule has 19 heavy (non-hydrogen) atoms. The number of hydrogen-bond donors (Lipinski definition) is 0.